The van der Waals surface area contributed by atoms with Gasteiger partial charge in [0.05, 0.1) is 16.8 Å². The molecule has 0 spiro atoms. The van der Waals surface area contributed by atoms with Gasteiger partial charge in [-0.2, -0.15) is 0 Å². The number of aryl methyl sites for hydroxylation is 2. The minimum Gasteiger partial charge on any atom is -0.487 e. The summed E-state index contributed by atoms with van der Waals surface area (Å²) in [6, 6.07) is 13.6. The first-order chi connectivity index (χ1) is 25.3. The fourth-order valence-corrected chi connectivity index (χ4v) is 6.72. The Morgan fingerprint density at radius 2 is 1.74 bits per heavy atom. The van der Waals surface area contributed by atoms with Crippen LogP contribution in [0.2, 0.25) is 0 Å². The number of rotatable bonds is 12. The van der Waals surface area contributed by atoms with Gasteiger partial charge in [0.15, 0.2) is 0 Å². The number of anilines is 1. The van der Waals surface area contributed by atoms with Gasteiger partial charge in [0, 0.05) is 54.2 Å². The molecule has 12 nitrogen and oxygen atoms in total. The minimum atomic E-state index is -1.05. The third-order valence-electron chi connectivity index (χ3n) is 9.08. The number of halogens is 3. The van der Waals surface area contributed by atoms with Gasteiger partial charge < -0.3 is 15.4 Å². The smallest absolute Gasteiger partial charge is 0.273 e. The fourth-order valence-electron chi connectivity index (χ4n) is 6.31. The number of piperidine rings is 1. The first-order valence-electron chi connectivity index (χ1n) is 16.8. The molecular formula is C38H34BrF2N5O7. The highest BCUT2D eigenvalue weighted by atomic mass is 79.9. The molecule has 1 fully saturated rings. The van der Waals surface area contributed by atoms with E-state index in [4.69, 9.17) is 4.74 Å². The second-order valence-electron chi connectivity index (χ2n) is 12.7. The number of hydrogen-bond acceptors (Lipinski definition) is 8. The number of imide groups is 2. The lowest BCUT2D eigenvalue weighted by molar-refractivity contribution is -0.136. The average molecular weight is 791 g/mol. The van der Waals surface area contributed by atoms with Crippen LogP contribution in [0.15, 0.2) is 69.9 Å². The Balaban J connectivity index is 1.04. The number of pyridine rings is 1. The molecule has 53 heavy (non-hydrogen) atoms. The lowest BCUT2D eigenvalue weighted by Crippen LogP contribution is -2.54. The second kappa shape index (κ2) is 15.5. The Morgan fingerprint density at radius 1 is 0.962 bits per heavy atom. The van der Waals surface area contributed by atoms with E-state index < -0.39 is 46.9 Å². The molecule has 3 N–H and O–H groups in total. The number of fused-ring (bicyclic) bond motifs is 1. The lowest BCUT2D eigenvalue weighted by Gasteiger charge is -2.27. The number of unbranched alkanes of at least 4 members (excludes halogenated alkanes) is 1. The number of nitrogens with one attached hydrogen (secondary N) is 3. The van der Waals surface area contributed by atoms with Gasteiger partial charge in [-0.1, -0.05) is 12.1 Å². The van der Waals surface area contributed by atoms with Gasteiger partial charge in [0.2, 0.25) is 11.8 Å². The SMILES string of the molecule is Cc1ccc(C(=O)NCCCCNc2cccc3c2C(=O)N(C2CCC(=O)NC2=O)C3=O)cc1-n1c(C)cc(OCc2ccc(F)cc2F)c(Br)c1=O. The van der Waals surface area contributed by atoms with Crippen LogP contribution in [0, 0.1) is 25.5 Å². The lowest BCUT2D eigenvalue weighted by atomic mass is 10.0. The summed E-state index contributed by atoms with van der Waals surface area (Å²) >= 11 is 3.30. The van der Waals surface area contributed by atoms with Crippen molar-refractivity contribution in [2.24, 2.45) is 0 Å². The summed E-state index contributed by atoms with van der Waals surface area (Å²) in [5, 5.41) is 8.26. The van der Waals surface area contributed by atoms with Crippen molar-refractivity contribution < 1.29 is 37.5 Å². The normalized spacial score (nSPS) is 15.3. The zero-order valence-electron chi connectivity index (χ0n) is 28.7. The van der Waals surface area contributed by atoms with E-state index in [1.165, 1.54) is 16.7 Å². The standard InChI is InChI=1S/C38H34BrF2N5O7/c1-20-8-9-22(17-29(20)45-21(2)16-30(33(39)38(45)52)53-19-23-10-11-24(40)18-26(23)41)34(48)43-15-4-3-14-42-27-7-5-6-25-32(27)37(51)46(36(25)50)28-12-13-31(47)44-35(28)49/h5-11,16-18,28,42H,3-4,12-15,19H2,1-2H3,(H,43,48)(H,44,47,49). The Hall–Kier alpha value is -5.70. The third-order valence-corrected chi connectivity index (χ3v) is 9.81. The average Bonchev–Trinajstić information content (AvgIpc) is 3.37. The fraction of sp³-hybridized carbons (Fsp3) is 0.263. The van der Waals surface area contributed by atoms with Gasteiger partial charge >= 0.3 is 0 Å². The van der Waals surface area contributed by atoms with Crippen LogP contribution in [0.5, 0.6) is 5.75 Å². The Morgan fingerprint density at radius 3 is 2.49 bits per heavy atom. The number of benzene rings is 3. The van der Waals surface area contributed by atoms with Crippen molar-refractivity contribution in [1.82, 2.24) is 20.1 Å². The summed E-state index contributed by atoms with van der Waals surface area (Å²) in [5.41, 5.74) is 2.54. The van der Waals surface area contributed by atoms with Gasteiger partial charge in [-0.05, 0) is 91.0 Å². The van der Waals surface area contributed by atoms with Crippen molar-refractivity contribution in [2.45, 2.75) is 52.2 Å². The highest BCUT2D eigenvalue weighted by Crippen LogP contribution is 2.32. The Kier molecular flexibility index (Phi) is 10.8. The molecule has 2 aliphatic heterocycles. The van der Waals surface area contributed by atoms with Crippen molar-refractivity contribution in [1.29, 1.82) is 0 Å². The Labute approximate surface area is 310 Å². The van der Waals surface area contributed by atoms with E-state index in [1.807, 2.05) is 6.92 Å². The van der Waals surface area contributed by atoms with E-state index in [1.54, 1.807) is 43.3 Å². The molecule has 3 heterocycles. The predicted molar refractivity (Wildman–Crippen MR) is 193 cm³/mol. The first-order valence-corrected chi connectivity index (χ1v) is 17.6. The van der Waals surface area contributed by atoms with Crippen molar-refractivity contribution in [3.63, 3.8) is 0 Å². The van der Waals surface area contributed by atoms with Gasteiger partial charge in [0.25, 0.3) is 23.3 Å². The molecule has 0 aliphatic carbocycles. The van der Waals surface area contributed by atoms with Crippen molar-refractivity contribution in [2.75, 3.05) is 18.4 Å². The van der Waals surface area contributed by atoms with E-state index >= 15 is 0 Å². The second-order valence-corrected chi connectivity index (χ2v) is 13.5. The zero-order valence-corrected chi connectivity index (χ0v) is 30.3. The van der Waals surface area contributed by atoms with Gasteiger partial charge in [0.1, 0.15) is 34.5 Å². The molecule has 1 saturated heterocycles. The highest BCUT2D eigenvalue weighted by Gasteiger charge is 2.45. The summed E-state index contributed by atoms with van der Waals surface area (Å²) < 4.78 is 34.6. The van der Waals surface area contributed by atoms with Gasteiger partial charge in [-0.3, -0.25) is 43.6 Å². The summed E-state index contributed by atoms with van der Waals surface area (Å²) in [5.74, 6) is -3.93. The summed E-state index contributed by atoms with van der Waals surface area (Å²) in [6.07, 6.45) is 1.28. The van der Waals surface area contributed by atoms with Gasteiger partial charge in [-0.15, -0.1) is 0 Å². The maximum absolute atomic E-state index is 14.1. The first kappa shape index (κ1) is 37.1. The zero-order chi connectivity index (χ0) is 38.0. The van der Waals surface area contributed by atoms with Crippen LogP contribution in [-0.2, 0) is 16.2 Å². The number of carbonyl (C=O) groups excluding carboxylic acids is 5. The molecule has 1 atom stereocenters. The van der Waals surface area contributed by atoms with Crippen molar-refractivity contribution >= 4 is 51.2 Å². The summed E-state index contributed by atoms with van der Waals surface area (Å²) in [4.78, 5) is 77.9. The monoisotopic (exact) mass is 789 g/mol. The molecule has 15 heteroatoms. The number of carbonyl (C=O) groups is 5. The Bertz CT molecular complexity index is 2240. The van der Waals surface area contributed by atoms with E-state index in [9.17, 15) is 37.5 Å². The summed E-state index contributed by atoms with van der Waals surface area (Å²) in [7, 11) is 0. The molecule has 274 valence electrons. The van der Waals surface area contributed by atoms with E-state index in [0.717, 1.165) is 22.6 Å². The largest absolute Gasteiger partial charge is 0.487 e. The maximum atomic E-state index is 14.1. The number of amides is 5. The van der Waals surface area contributed by atoms with Crippen LogP contribution in [-0.4, -0.2) is 58.1 Å². The topological polar surface area (TPSA) is 156 Å². The van der Waals surface area contributed by atoms with Crippen LogP contribution < -0.4 is 26.2 Å². The van der Waals surface area contributed by atoms with Crippen LogP contribution in [0.1, 0.15) is 73.6 Å². The number of hydrogen-bond donors (Lipinski definition) is 3. The van der Waals surface area contributed by atoms with E-state index in [-0.39, 0.29) is 52.3 Å². The molecule has 1 aromatic heterocycles. The molecular weight excluding hydrogens is 756 g/mol. The molecule has 0 radical (unpaired) electrons. The number of ether oxygens (including phenoxy) is 1. The molecule has 3 aromatic carbocycles. The number of aromatic nitrogens is 1. The quantitative estimate of drug-likeness (QED) is 0.132. The maximum Gasteiger partial charge on any atom is 0.273 e. The minimum absolute atomic E-state index is 0.0324. The van der Waals surface area contributed by atoms with E-state index in [0.29, 0.717) is 48.6 Å². The van der Waals surface area contributed by atoms with Crippen molar-refractivity contribution in [3.05, 3.63) is 121 Å². The molecule has 0 bridgehead atoms. The molecule has 6 rings (SSSR count). The molecule has 1 unspecified atom stereocenters. The van der Waals surface area contributed by atoms with Crippen molar-refractivity contribution in [3.8, 4) is 11.4 Å². The summed E-state index contributed by atoms with van der Waals surface area (Å²) in [6.45, 7) is 4.05. The molecule has 4 aromatic rings. The molecule has 2 aliphatic rings. The number of nitrogens with zero attached hydrogens (tertiary/aromatic N) is 2. The third kappa shape index (κ3) is 7.61. The van der Waals surface area contributed by atoms with Gasteiger partial charge in [-0.25, -0.2) is 8.78 Å². The highest BCUT2D eigenvalue weighted by molar-refractivity contribution is 9.10. The van der Waals surface area contributed by atoms with Crippen LogP contribution >= 0.6 is 15.9 Å². The van der Waals surface area contributed by atoms with E-state index in [2.05, 4.69) is 31.9 Å². The van der Waals surface area contributed by atoms with Crippen LogP contribution in [0.3, 0.4) is 0 Å². The predicted octanol–water partition coefficient (Wildman–Crippen LogP) is 5.10. The molecule has 5 amide bonds. The van der Waals surface area contributed by atoms with Crippen LogP contribution in [0.25, 0.3) is 5.69 Å². The molecule has 0 saturated carbocycles. The van der Waals surface area contributed by atoms with Crippen LogP contribution in [0.4, 0.5) is 14.5 Å².